The fourth-order valence-electron chi connectivity index (χ4n) is 8.99. The van der Waals surface area contributed by atoms with Crippen molar-refractivity contribution in [3.05, 3.63) is 11.9 Å². The number of carbonyl (C=O) groups excluding carboxylic acids is 1. The van der Waals surface area contributed by atoms with Crippen LogP contribution in [-0.4, -0.2) is 45.2 Å². The Morgan fingerprint density at radius 2 is 1.91 bits per heavy atom. The number of methoxy groups -OCH3 is 1. The number of aliphatic hydroxyl groups is 1. The van der Waals surface area contributed by atoms with E-state index in [2.05, 4.69) is 24.2 Å². The first-order valence-corrected chi connectivity index (χ1v) is 12.8. The minimum Gasteiger partial charge on any atom is -0.387 e. The van der Waals surface area contributed by atoms with Gasteiger partial charge in [-0.15, -0.1) is 5.10 Å². The predicted molar refractivity (Wildman–Crippen MR) is 122 cm³/mol. The van der Waals surface area contributed by atoms with Crippen molar-refractivity contribution in [3.63, 3.8) is 0 Å². The van der Waals surface area contributed by atoms with Crippen LogP contribution in [0.4, 0.5) is 0 Å². The monoisotopic (exact) mass is 443 g/mol. The van der Waals surface area contributed by atoms with Gasteiger partial charge in [-0.2, -0.15) is 0 Å². The molecule has 1 heterocycles. The summed E-state index contributed by atoms with van der Waals surface area (Å²) in [6.07, 6.45) is 11.8. The molecule has 178 valence electrons. The van der Waals surface area contributed by atoms with Crippen LogP contribution in [0.1, 0.15) is 77.3 Å². The first-order chi connectivity index (χ1) is 15.2. The highest BCUT2D eigenvalue weighted by Crippen LogP contribution is 2.68. The Hall–Kier alpha value is -1.27. The second kappa shape index (κ2) is 7.90. The van der Waals surface area contributed by atoms with E-state index in [-0.39, 0.29) is 11.3 Å². The summed E-state index contributed by atoms with van der Waals surface area (Å²) >= 11 is 0. The zero-order valence-electron chi connectivity index (χ0n) is 20.3. The van der Waals surface area contributed by atoms with Crippen LogP contribution < -0.4 is 0 Å². The molecule has 8 atom stereocenters. The van der Waals surface area contributed by atoms with Gasteiger partial charge in [0, 0.05) is 19.2 Å². The summed E-state index contributed by atoms with van der Waals surface area (Å²) in [6, 6.07) is 0. The van der Waals surface area contributed by atoms with Crippen LogP contribution >= 0.6 is 0 Å². The minimum atomic E-state index is -0.639. The molecule has 1 N–H and O–H groups in total. The van der Waals surface area contributed by atoms with Gasteiger partial charge in [0.1, 0.15) is 6.54 Å². The number of aromatic nitrogens is 3. The molecule has 0 spiro atoms. The fraction of sp³-hybridized carbons (Fsp3) is 0.885. The van der Waals surface area contributed by atoms with Gasteiger partial charge in [0.25, 0.3) is 0 Å². The van der Waals surface area contributed by atoms with Crippen molar-refractivity contribution in [1.29, 1.82) is 0 Å². The lowest BCUT2D eigenvalue weighted by Gasteiger charge is -2.62. The van der Waals surface area contributed by atoms with Gasteiger partial charge < -0.3 is 9.84 Å². The van der Waals surface area contributed by atoms with Crippen molar-refractivity contribution < 1.29 is 14.6 Å². The van der Waals surface area contributed by atoms with E-state index in [4.69, 9.17) is 4.74 Å². The number of carbonyl (C=O) groups is 1. The molecule has 32 heavy (non-hydrogen) atoms. The van der Waals surface area contributed by atoms with Crippen LogP contribution in [0.25, 0.3) is 0 Å². The maximum Gasteiger partial charge on any atom is 0.157 e. The smallest absolute Gasteiger partial charge is 0.157 e. The summed E-state index contributed by atoms with van der Waals surface area (Å²) in [5.41, 5.74) is 0.677. The first-order valence-electron chi connectivity index (χ1n) is 12.8. The van der Waals surface area contributed by atoms with E-state index >= 15 is 0 Å². The first kappa shape index (κ1) is 22.5. The minimum absolute atomic E-state index is 0.128. The van der Waals surface area contributed by atoms with Crippen molar-refractivity contribution in [1.82, 2.24) is 15.0 Å². The SMILES string of the molecule is COC[C@@]1(O)CC[C@@]2(C)[C@@H](CC[C@@H]3[C@@H]2CC[C@]2(C)[C@@H](C(=O)Cn4cc(C)nn4)CC[C@@H]32)C1. The Morgan fingerprint density at radius 3 is 2.62 bits per heavy atom. The average Bonchev–Trinajstić information content (AvgIpc) is 3.31. The lowest BCUT2D eigenvalue weighted by atomic mass is 9.44. The highest BCUT2D eigenvalue weighted by molar-refractivity contribution is 5.82. The number of nitrogens with zero attached hydrogens (tertiary/aromatic N) is 3. The van der Waals surface area contributed by atoms with Crippen LogP contribution in [0.5, 0.6) is 0 Å². The summed E-state index contributed by atoms with van der Waals surface area (Å²) in [7, 11) is 1.70. The second-order valence-electron chi connectivity index (χ2n) is 12.2. The molecular formula is C26H41N3O3. The second-order valence-corrected chi connectivity index (χ2v) is 12.2. The zero-order chi connectivity index (χ0) is 22.7. The molecule has 4 saturated carbocycles. The molecule has 0 amide bonds. The Kier molecular flexibility index (Phi) is 5.56. The number of hydrogen-bond donors (Lipinski definition) is 1. The number of ketones is 1. The molecule has 0 unspecified atom stereocenters. The topological polar surface area (TPSA) is 77.2 Å². The summed E-state index contributed by atoms with van der Waals surface area (Å²) in [4.78, 5) is 13.3. The third-order valence-corrected chi connectivity index (χ3v) is 10.6. The molecular weight excluding hydrogens is 402 g/mol. The summed E-state index contributed by atoms with van der Waals surface area (Å²) < 4.78 is 7.08. The van der Waals surface area contributed by atoms with E-state index < -0.39 is 5.60 Å². The number of hydrogen-bond acceptors (Lipinski definition) is 5. The molecule has 5 rings (SSSR count). The average molecular weight is 444 g/mol. The number of rotatable bonds is 5. The van der Waals surface area contributed by atoms with E-state index in [0.29, 0.717) is 36.2 Å². The van der Waals surface area contributed by atoms with E-state index in [1.54, 1.807) is 11.8 Å². The number of Topliss-reactive ketones (excluding diaryl/α,β-unsaturated/α-hetero) is 1. The van der Waals surface area contributed by atoms with Crippen molar-refractivity contribution in [2.45, 2.75) is 90.7 Å². The van der Waals surface area contributed by atoms with Crippen molar-refractivity contribution >= 4 is 5.78 Å². The summed E-state index contributed by atoms with van der Waals surface area (Å²) in [6.45, 7) is 7.68. The predicted octanol–water partition coefficient (Wildman–Crippen LogP) is 4.19. The van der Waals surface area contributed by atoms with Gasteiger partial charge in [-0.25, -0.2) is 4.68 Å². The lowest BCUT2D eigenvalue weighted by molar-refractivity contribution is -0.164. The van der Waals surface area contributed by atoms with Crippen molar-refractivity contribution in [2.24, 2.45) is 40.4 Å². The van der Waals surface area contributed by atoms with Gasteiger partial charge in [-0.1, -0.05) is 19.1 Å². The van der Waals surface area contributed by atoms with Crippen LogP contribution in [-0.2, 0) is 16.1 Å². The van der Waals surface area contributed by atoms with Gasteiger partial charge >= 0.3 is 0 Å². The van der Waals surface area contributed by atoms with Crippen LogP contribution in [0.2, 0.25) is 0 Å². The van der Waals surface area contributed by atoms with Crippen molar-refractivity contribution in [3.8, 4) is 0 Å². The molecule has 6 nitrogen and oxygen atoms in total. The Balaban J connectivity index is 1.32. The summed E-state index contributed by atoms with van der Waals surface area (Å²) in [5, 5.41) is 19.2. The van der Waals surface area contributed by atoms with Gasteiger partial charge in [-0.3, -0.25) is 4.79 Å². The third kappa shape index (κ3) is 3.48. The highest BCUT2D eigenvalue weighted by Gasteiger charge is 2.62. The van der Waals surface area contributed by atoms with Crippen LogP contribution in [0, 0.1) is 47.3 Å². The molecule has 4 aliphatic rings. The molecule has 1 aromatic rings. The molecule has 0 radical (unpaired) electrons. The maximum atomic E-state index is 13.3. The molecule has 6 heteroatoms. The van der Waals surface area contributed by atoms with E-state index in [9.17, 15) is 9.90 Å². The lowest BCUT2D eigenvalue weighted by Crippen LogP contribution is -2.56. The molecule has 1 aromatic heterocycles. The number of fused-ring (bicyclic) bond motifs is 5. The molecule has 0 aromatic carbocycles. The molecule has 4 fully saturated rings. The normalized spacial score (nSPS) is 45.7. The largest absolute Gasteiger partial charge is 0.387 e. The fourth-order valence-corrected chi connectivity index (χ4v) is 8.99. The zero-order valence-corrected chi connectivity index (χ0v) is 20.3. The van der Waals surface area contributed by atoms with Gasteiger partial charge in [0.15, 0.2) is 5.78 Å². The van der Waals surface area contributed by atoms with Crippen LogP contribution in [0.3, 0.4) is 0 Å². The van der Waals surface area contributed by atoms with Crippen LogP contribution in [0.15, 0.2) is 6.20 Å². The Labute approximate surface area is 192 Å². The molecule has 0 aliphatic heterocycles. The van der Waals surface area contributed by atoms with Gasteiger partial charge in [0.05, 0.1) is 17.9 Å². The van der Waals surface area contributed by atoms with Gasteiger partial charge in [-0.05, 0) is 99.2 Å². The standard InChI is InChI=1S/C26H41N3O3/c1-17-14-29(28-27-17)15-23(30)22-8-7-20-19-6-5-18-13-26(31,16-32-4)12-11-24(18,2)21(19)9-10-25(20,22)3/h14,18-22,31H,5-13,15-16H2,1-4H3/t18-,19-,20-,21-,22+,24-,25-,26+/m0/s1. The quantitative estimate of drug-likeness (QED) is 0.738. The summed E-state index contributed by atoms with van der Waals surface area (Å²) in [5.74, 6) is 3.22. The maximum absolute atomic E-state index is 13.3. The molecule has 0 saturated heterocycles. The Morgan fingerprint density at radius 1 is 1.12 bits per heavy atom. The highest BCUT2D eigenvalue weighted by atomic mass is 16.5. The van der Waals surface area contributed by atoms with Gasteiger partial charge in [0.2, 0.25) is 0 Å². The number of aryl methyl sites for hydroxylation is 1. The molecule has 0 bridgehead atoms. The number of ether oxygens (including phenoxy) is 1. The molecule has 4 aliphatic carbocycles. The van der Waals surface area contributed by atoms with E-state index in [1.165, 1.54) is 25.7 Å². The third-order valence-electron chi connectivity index (χ3n) is 10.6. The van der Waals surface area contributed by atoms with E-state index in [1.807, 2.05) is 13.1 Å². The Bertz CT molecular complexity index is 870. The van der Waals surface area contributed by atoms with E-state index in [0.717, 1.165) is 49.6 Å². The van der Waals surface area contributed by atoms with Crippen molar-refractivity contribution in [2.75, 3.05) is 13.7 Å².